The fraction of sp³-hybridized carbons (Fsp3) is 0.917. The Morgan fingerprint density at radius 3 is 2.31 bits per heavy atom. The summed E-state index contributed by atoms with van der Waals surface area (Å²) in [6, 6.07) is 2.45. The van der Waals surface area contributed by atoms with Gasteiger partial charge in [0, 0.05) is 0 Å². The van der Waals surface area contributed by atoms with E-state index in [2.05, 4.69) is 19.9 Å². The van der Waals surface area contributed by atoms with Crippen molar-refractivity contribution < 1.29 is 0 Å². The summed E-state index contributed by atoms with van der Waals surface area (Å²) in [5, 5.41) is 8.91. The molecule has 0 aromatic carbocycles. The minimum Gasteiger partial charge on any atom is -0.198 e. The smallest absolute Gasteiger partial charge is 0.0661 e. The van der Waals surface area contributed by atoms with E-state index in [-0.39, 0.29) is 0 Å². The first-order valence-corrected chi connectivity index (χ1v) is 5.69. The second-order valence-corrected chi connectivity index (χ2v) is 3.73. The van der Waals surface area contributed by atoms with E-state index in [1.54, 1.807) is 0 Å². The predicted molar refractivity (Wildman–Crippen MR) is 57.2 cm³/mol. The van der Waals surface area contributed by atoms with E-state index in [1.807, 2.05) is 13.8 Å². The molecule has 0 heterocycles. The summed E-state index contributed by atoms with van der Waals surface area (Å²) in [6.45, 7) is 8.42. The highest BCUT2D eigenvalue weighted by molar-refractivity contribution is 4.93. The SMILES string of the molecule is CC.CCC1CCCC(C)C1C#N. The normalized spacial score (nSPS) is 32.7. The van der Waals surface area contributed by atoms with Crippen molar-refractivity contribution in [2.24, 2.45) is 17.8 Å². The molecule has 0 aliphatic heterocycles. The van der Waals surface area contributed by atoms with E-state index < -0.39 is 0 Å². The minimum absolute atomic E-state index is 0.341. The van der Waals surface area contributed by atoms with Gasteiger partial charge in [-0.05, 0) is 24.7 Å². The quantitative estimate of drug-likeness (QED) is 0.600. The van der Waals surface area contributed by atoms with Crippen LogP contribution in [0.2, 0.25) is 0 Å². The van der Waals surface area contributed by atoms with Crippen LogP contribution in [0, 0.1) is 29.1 Å². The largest absolute Gasteiger partial charge is 0.198 e. The molecule has 0 saturated heterocycles. The van der Waals surface area contributed by atoms with E-state index in [4.69, 9.17) is 5.26 Å². The number of hydrogen-bond donors (Lipinski definition) is 0. The van der Waals surface area contributed by atoms with Crippen molar-refractivity contribution in [3.05, 3.63) is 0 Å². The van der Waals surface area contributed by atoms with Crippen LogP contribution in [0.5, 0.6) is 0 Å². The first kappa shape index (κ1) is 12.5. The lowest BCUT2D eigenvalue weighted by atomic mass is 9.72. The first-order valence-electron chi connectivity index (χ1n) is 5.69. The summed E-state index contributed by atoms with van der Waals surface area (Å²) in [6.07, 6.45) is 5.05. The van der Waals surface area contributed by atoms with Crippen LogP contribution in [0.15, 0.2) is 0 Å². The Morgan fingerprint density at radius 1 is 1.31 bits per heavy atom. The molecular formula is C12H23N. The number of hydrogen-bond acceptors (Lipinski definition) is 1. The lowest BCUT2D eigenvalue weighted by Gasteiger charge is -2.31. The van der Waals surface area contributed by atoms with Gasteiger partial charge in [0.05, 0.1) is 12.0 Å². The lowest BCUT2D eigenvalue weighted by Crippen LogP contribution is -2.24. The van der Waals surface area contributed by atoms with Gasteiger partial charge >= 0.3 is 0 Å². The monoisotopic (exact) mass is 181 g/mol. The summed E-state index contributed by atoms with van der Waals surface area (Å²) in [4.78, 5) is 0. The Morgan fingerprint density at radius 2 is 1.92 bits per heavy atom. The molecule has 13 heavy (non-hydrogen) atoms. The third kappa shape index (κ3) is 3.38. The fourth-order valence-electron chi connectivity index (χ4n) is 2.22. The minimum atomic E-state index is 0.341. The van der Waals surface area contributed by atoms with Crippen molar-refractivity contribution >= 4 is 0 Å². The maximum atomic E-state index is 8.91. The average Bonchev–Trinajstić information content (AvgIpc) is 2.20. The summed E-state index contributed by atoms with van der Waals surface area (Å²) >= 11 is 0. The van der Waals surface area contributed by atoms with E-state index in [9.17, 15) is 0 Å². The van der Waals surface area contributed by atoms with Crippen LogP contribution in [0.25, 0.3) is 0 Å². The van der Waals surface area contributed by atoms with Crippen molar-refractivity contribution in [2.45, 2.75) is 53.4 Å². The fourth-order valence-corrected chi connectivity index (χ4v) is 2.22. The van der Waals surface area contributed by atoms with E-state index >= 15 is 0 Å². The topological polar surface area (TPSA) is 23.8 Å². The maximum Gasteiger partial charge on any atom is 0.0661 e. The molecule has 76 valence electrons. The predicted octanol–water partition coefficient (Wildman–Crippen LogP) is 4.00. The van der Waals surface area contributed by atoms with Crippen LogP contribution in [-0.4, -0.2) is 0 Å². The average molecular weight is 181 g/mol. The van der Waals surface area contributed by atoms with Gasteiger partial charge in [0.15, 0.2) is 0 Å². The van der Waals surface area contributed by atoms with Gasteiger partial charge in [0.25, 0.3) is 0 Å². The second kappa shape index (κ2) is 6.95. The van der Waals surface area contributed by atoms with Gasteiger partial charge in [-0.3, -0.25) is 0 Å². The van der Waals surface area contributed by atoms with E-state index in [1.165, 1.54) is 25.7 Å². The summed E-state index contributed by atoms with van der Waals surface area (Å²) in [7, 11) is 0. The molecule has 0 bridgehead atoms. The van der Waals surface area contributed by atoms with Crippen LogP contribution in [0.1, 0.15) is 53.4 Å². The van der Waals surface area contributed by atoms with Crippen molar-refractivity contribution in [3.8, 4) is 6.07 Å². The van der Waals surface area contributed by atoms with Gasteiger partial charge < -0.3 is 0 Å². The van der Waals surface area contributed by atoms with Crippen molar-refractivity contribution in [1.29, 1.82) is 5.26 Å². The maximum absolute atomic E-state index is 8.91. The molecule has 0 radical (unpaired) electrons. The standard InChI is InChI=1S/C10H17N.C2H6/c1-3-9-6-4-5-8(2)10(9)7-11;1-2/h8-10H,3-6H2,1-2H3;1-2H3. The molecule has 1 fully saturated rings. The van der Waals surface area contributed by atoms with Gasteiger partial charge in [-0.1, -0.05) is 40.5 Å². The lowest BCUT2D eigenvalue weighted by molar-refractivity contribution is 0.210. The summed E-state index contributed by atoms with van der Waals surface area (Å²) in [5.74, 6) is 1.66. The summed E-state index contributed by atoms with van der Waals surface area (Å²) in [5.41, 5.74) is 0. The Labute approximate surface area is 83.1 Å². The molecule has 0 N–H and O–H groups in total. The molecule has 0 spiro atoms. The van der Waals surface area contributed by atoms with E-state index in [0.717, 1.165) is 0 Å². The third-order valence-electron chi connectivity index (χ3n) is 3.03. The zero-order valence-electron chi connectivity index (χ0n) is 9.51. The number of nitriles is 1. The molecule has 1 aliphatic carbocycles. The highest BCUT2D eigenvalue weighted by Gasteiger charge is 2.28. The van der Waals surface area contributed by atoms with Gasteiger partial charge in [0.2, 0.25) is 0 Å². The van der Waals surface area contributed by atoms with Crippen LogP contribution >= 0.6 is 0 Å². The van der Waals surface area contributed by atoms with Crippen LogP contribution in [0.4, 0.5) is 0 Å². The highest BCUT2D eigenvalue weighted by Crippen LogP contribution is 2.35. The molecule has 3 atom stereocenters. The highest BCUT2D eigenvalue weighted by atomic mass is 14.4. The number of nitrogens with zero attached hydrogens (tertiary/aromatic N) is 1. The van der Waals surface area contributed by atoms with Gasteiger partial charge in [-0.25, -0.2) is 0 Å². The molecule has 3 unspecified atom stereocenters. The zero-order chi connectivity index (χ0) is 10.3. The molecule has 1 rings (SSSR count). The van der Waals surface area contributed by atoms with Crippen molar-refractivity contribution in [2.75, 3.05) is 0 Å². The Hall–Kier alpha value is -0.510. The third-order valence-corrected chi connectivity index (χ3v) is 3.03. The summed E-state index contributed by atoms with van der Waals surface area (Å²) < 4.78 is 0. The van der Waals surface area contributed by atoms with Crippen LogP contribution < -0.4 is 0 Å². The molecule has 1 aliphatic rings. The molecular weight excluding hydrogens is 158 g/mol. The molecule has 0 aromatic rings. The Bertz CT molecular complexity index is 157. The van der Waals surface area contributed by atoms with Gasteiger partial charge in [-0.15, -0.1) is 0 Å². The van der Waals surface area contributed by atoms with Crippen LogP contribution in [0.3, 0.4) is 0 Å². The van der Waals surface area contributed by atoms with Crippen LogP contribution in [-0.2, 0) is 0 Å². The molecule has 1 heteroatoms. The number of rotatable bonds is 1. The molecule has 0 aromatic heterocycles. The Kier molecular flexibility index (Phi) is 6.68. The second-order valence-electron chi connectivity index (χ2n) is 3.73. The van der Waals surface area contributed by atoms with Crippen molar-refractivity contribution in [3.63, 3.8) is 0 Å². The first-order chi connectivity index (χ1) is 6.29. The van der Waals surface area contributed by atoms with Crippen molar-refractivity contribution in [1.82, 2.24) is 0 Å². The molecule has 0 amide bonds. The van der Waals surface area contributed by atoms with Gasteiger partial charge in [-0.2, -0.15) is 5.26 Å². The van der Waals surface area contributed by atoms with Gasteiger partial charge in [0.1, 0.15) is 0 Å². The molecule has 1 nitrogen and oxygen atoms in total. The zero-order valence-corrected chi connectivity index (χ0v) is 9.51. The van der Waals surface area contributed by atoms with E-state index in [0.29, 0.717) is 17.8 Å². The Balaban J connectivity index is 0.000000671. The molecule has 1 saturated carbocycles.